The molecule has 1 aromatic rings. The lowest BCUT2D eigenvalue weighted by atomic mass is 10.3. The molecule has 0 spiro atoms. The van der Waals surface area contributed by atoms with Crippen LogP contribution in [0.1, 0.15) is 0 Å². The first-order chi connectivity index (χ1) is 7.04. The lowest BCUT2D eigenvalue weighted by Gasteiger charge is -1.97. The Morgan fingerprint density at radius 1 is 0.938 bits per heavy atom. The summed E-state index contributed by atoms with van der Waals surface area (Å²) in [4.78, 5) is 0. The Hall–Kier alpha value is -1.48. The van der Waals surface area contributed by atoms with Crippen molar-refractivity contribution in [1.82, 2.24) is 0 Å². The van der Waals surface area contributed by atoms with Gasteiger partial charge in [-0.05, 0) is 24.3 Å². The summed E-state index contributed by atoms with van der Waals surface area (Å²) in [5.41, 5.74) is -5.53. The van der Waals surface area contributed by atoms with Gasteiger partial charge in [0.1, 0.15) is 11.5 Å². The zero-order valence-electron chi connectivity index (χ0n) is 7.51. The number of benzene rings is 1. The molecular formula is C7H7F3O5S. The molecule has 0 bridgehead atoms. The minimum Gasteiger partial charge on any atom is -0.508 e. The summed E-state index contributed by atoms with van der Waals surface area (Å²) in [5, 5.41) is 17.3. The first-order valence-corrected chi connectivity index (χ1v) is 5.00. The van der Waals surface area contributed by atoms with Gasteiger partial charge in [0.25, 0.3) is 0 Å². The van der Waals surface area contributed by atoms with Gasteiger partial charge < -0.3 is 10.2 Å². The van der Waals surface area contributed by atoms with Crippen LogP contribution in [0.2, 0.25) is 0 Å². The number of rotatable bonds is 0. The Balaban J connectivity index is 0.000000281. The third-order valence-electron chi connectivity index (χ3n) is 1.14. The van der Waals surface area contributed by atoms with Gasteiger partial charge >= 0.3 is 15.6 Å². The van der Waals surface area contributed by atoms with E-state index in [1.165, 1.54) is 24.3 Å². The van der Waals surface area contributed by atoms with Crippen LogP contribution < -0.4 is 0 Å². The normalized spacial score (nSPS) is 11.5. The van der Waals surface area contributed by atoms with E-state index in [0.29, 0.717) is 0 Å². The fourth-order valence-corrected chi connectivity index (χ4v) is 0.453. The fraction of sp³-hybridized carbons (Fsp3) is 0.143. The summed E-state index contributed by atoms with van der Waals surface area (Å²) in [6.07, 6.45) is 0. The lowest BCUT2D eigenvalue weighted by Crippen LogP contribution is -2.21. The fourth-order valence-electron chi connectivity index (χ4n) is 0.453. The van der Waals surface area contributed by atoms with Crippen LogP contribution in [-0.4, -0.2) is 28.7 Å². The van der Waals surface area contributed by atoms with E-state index in [1.54, 1.807) is 0 Å². The van der Waals surface area contributed by atoms with Gasteiger partial charge in [0, 0.05) is 0 Å². The van der Waals surface area contributed by atoms with Crippen LogP contribution in [0.25, 0.3) is 0 Å². The van der Waals surface area contributed by atoms with E-state index in [2.05, 4.69) is 0 Å². The quantitative estimate of drug-likeness (QED) is 0.373. The topological polar surface area (TPSA) is 94.8 Å². The van der Waals surface area contributed by atoms with Crippen LogP contribution in [0.5, 0.6) is 11.5 Å². The van der Waals surface area contributed by atoms with Gasteiger partial charge in [-0.3, -0.25) is 4.55 Å². The van der Waals surface area contributed by atoms with E-state index in [1.807, 2.05) is 0 Å². The van der Waals surface area contributed by atoms with E-state index in [-0.39, 0.29) is 11.5 Å². The predicted octanol–water partition coefficient (Wildman–Crippen LogP) is 1.49. The Bertz CT molecular complexity index is 401. The number of aromatic hydroxyl groups is 2. The van der Waals surface area contributed by atoms with Gasteiger partial charge in [0.05, 0.1) is 0 Å². The van der Waals surface area contributed by atoms with Crippen molar-refractivity contribution >= 4 is 10.1 Å². The summed E-state index contributed by atoms with van der Waals surface area (Å²) < 4.78 is 57.5. The molecule has 3 N–H and O–H groups in total. The van der Waals surface area contributed by atoms with Crippen LogP contribution in [0.15, 0.2) is 24.3 Å². The molecule has 0 fully saturated rings. The molecule has 0 amide bonds. The molecular weight excluding hydrogens is 253 g/mol. The Labute approximate surface area is 88.5 Å². The smallest absolute Gasteiger partial charge is 0.508 e. The standard InChI is InChI=1S/C6H6O2.CHF3O3S/c7-5-1-2-6(8)4-3-5;2-1(3,4)8(5,6)7/h1-4,7-8H;(H,5,6,7). The minimum atomic E-state index is -5.84. The van der Waals surface area contributed by atoms with E-state index in [9.17, 15) is 13.2 Å². The van der Waals surface area contributed by atoms with E-state index >= 15 is 0 Å². The second kappa shape index (κ2) is 5.03. The van der Waals surface area contributed by atoms with Gasteiger partial charge in [-0.15, -0.1) is 0 Å². The Kier molecular flexibility index (Phi) is 4.57. The molecule has 9 heteroatoms. The Morgan fingerprint density at radius 3 is 1.25 bits per heavy atom. The van der Waals surface area contributed by atoms with Crippen molar-refractivity contribution in [3.05, 3.63) is 24.3 Å². The molecule has 16 heavy (non-hydrogen) atoms. The number of phenols is 2. The maximum absolute atomic E-state index is 10.7. The zero-order chi connectivity index (χ0) is 13.0. The van der Waals surface area contributed by atoms with Crippen molar-refractivity contribution < 1.29 is 36.4 Å². The summed E-state index contributed by atoms with van der Waals surface area (Å²) in [5.74, 6) is 0.339. The number of alkyl halides is 3. The average Bonchev–Trinajstić information content (AvgIpc) is 2.08. The first-order valence-electron chi connectivity index (χ1n) is 3.56. The van der Waals surface area contributed by atoms with Crippen molar-refractivity contribution in [2.45, 2.75) is 5.51 Å². The molecule has 0 aliphatic rings. The van der Waals surface area contributed by atoms with Crippen molar-refractivity contribution in [2.75, 3.05) is 0 Å². The monoisotopic (exact) mass is 260 g/mol. The molecule has 0 aliphatic carbocycles. The van der Waals surface area contributed by atoms with E-state index in [4.69, 9.17) is 23.2 Å². The van der Waals surface area contributed by atoms with Crippen molar-refractivity contribution in [1.29, 1.82) is 0 Å². The molecule has 1 aromatic carbocycles. The summed E-state index contributed by atoms with van der Waals surface area (Å²) in [6, 6.07) is 5.70. The van der Waals surface area contributed by atoms with Crippen LogP contribution in [0, 0.1) is 0 Å². The number of phenolic OH excluding ortho intramolecular Hbond substituents is 2. The van der Waals surface area contributed by atoms with Crippen molar-refractivity contribution in [3.8, 4) is 11.5 Å². The Morgan fingerprint density at radius 2 is 1.12 bits per heavy atom. The van der Waals surface area contributed by atoms with Gasteiger partial charge in [-0.2, -0.15) is 21.6 Å². The highest BCUT2D eigenvalue weighted by molar-refractivity contribution is 7.86. The molecule has 0 aliphatic heterocycles. The number of hydrogen-bond donors (Lipinski definition) is 3. The van der Waals surface area contributed by atoms with Gasteiger partial charge in [0.15, 0.2) is 0 Å². The number of halogens is 3. The molecule has 1 rings (SSSR count). The highest BCUT2D eigenvalue weighted by atomic mass is 32.2. The molecule has 0 radical (unpaired) electrons. The molecule has 0 aromatic heterocycles. The third kappa shape index (κ3) is 5.41. The second-order valence-corrected chi connectivity index (χ2v) is 3.85. The maximum Gasteiger partial charge on any atom is 0.522 e. The molecule has 0 heterocycles. The van der Waals surface area contributed by atoms with Crippen LogP contribution >= 0.6 is 0 Å². The molecule has 5 nitrogen and oxygen atoms in total. The summed E-state index contributed by atoms with van der Waals surface area (Å²) >= 11 is 0. The largest absolute Gasteiger partial charge is 0.522 e. The molecule has 0 atom stereocenters. The molecule has 0 unspecified atom stereocenters. The summed E-state index contributed by atoms with van der Waals surface area (Å²) in [7, 11) is -5.84. The van der Waals surface area contributed by atoms with Crippen molar-refractivity contribution in [2.24, 2.45) is 0 Å². The van der Waals surface area contributed by atoms with Gasteiger partial charge in [-0.1, -0.05) is 0 Å². The van der Waals surface area contributed by atoms with E-state index < -0.39 is 15.6 Å². The highest BCUT2D eigenvalue weighted by Crippen LogP contribution is 2.20. The average molecular weight is 260 g/mol. The van der Waals surface area contributed by atoms with Crippen LogP contribution in [-0.2, 0) is 10.1 Å². The van der Waals surface area contributed by atoms with Crippen molar-refractivity contribution in [3.63, 3.8) is 0 Å². The molecule has 0 saturated carbocycles. The summed E-state index contributed by atoms with van der Waals surface area (Å²) in [6.45, 7) is 0. The first kappa shape index (κ1) is 14.5. The van der Waals surface area contributed by atoms with Crippen LogP contribution in [0.3, 0.4) is 0 Å². The van der Waals surface area contributed by atoms with E-state index in [0.717, 1.165) is 0 Å². The predicted molar refractivity (Wildman–Crippen MR) is 47.4 cm³/mol. The van der Waals surface area contributed by atoms with Gasteiger partial charge in [-0.25, -0.2) is 0 Å². The SMILES string of the molecule is O=S(=O)(O)C(F)(F)F.Oc1ccc(O)cc1. The highest BCUT2D eigenvalue weighted by Gasteiger charge is 2.44. The van der Waals surface area contributed by atoms with Crippen LogP contribution in [0.4, 0.5) is 13.2 Å². The third-order valence-corrected chi connectivity index (χ3v) is 1.73. The molecule has 0 saturated heterocycles. The lowest BCUT2D eigenvalue weighted by molar-refractivity contribution is -0.0510. The molecule has 92 valence electrons. The maximum atomic E-state index is 10.7. The minimum absolute atomic E-state index is 0.169. The second-order valence-electron chi connectivity index (χ2n) is 2.44. The number of hydrogen-bond acceptors (Lipinski definition) is 4. The zero-order valence-corrected chi connectivity index (χ0v) is 8.33. The van der Waals surface area contributed by atoms with Gasteiger partial charge in [0.2, 0.25) is 0 Å².